The summed E-state index contributed by atoms with van der Waals surface area (Å²) in [5.41, 5.74) is 5.33. The highest BCUT2D eigenvalue weighted by molar-refractivity contribution is 7.47. The minimum atomic E-state index is -4.74. The van der Waals surface area contributed by atoms with Crippen molar-refractivity contribution in [3.05, 3.63) is 24.3 Å². The maximum Gasteiger partial charge on any atom is 0.472 e. The van der Waals surface area contributed by atoms with Crippen LogP contribution in [0.25, 0.3) is 0 Å². The summed E-state index contributed by atoms with van der Waals surface area (Å²) in [7, 11) is -4.74. The van der Waals surface area contributed by atoms with Crippen molar-refractivity contribution in [1.29, 1.82) is 0 Å². The van der Waals surface area contributed by atoms with E-state index in [2.05, 4.69) is 18.4 Å². The van der Waals surface area contributed by atoms with E-state index in [0.717, 1.165) is 32.1 Å². The van der Waals surface area contributed by atoms with Gasteiger partial charge < -0.3 is 25.2 Å². The fourth-order valence-electron chi connectivity index (χ4n) is 6.44. The van der Waals surface area contributed by atoms with Crippen LogP contribution in [0.15, 0.2) is 24.3 Å². The Labute approximate surface area is 347 Å². The van der Waals surface area contributed by atoms with E-state index in [4.69, 9.17) is 24.8 Å². The predicted molar refractivity (Wildman–Crippen MR) is 231 cm³/mol. The van der Waals surface area contributed by atoms with Crippen LogP contribution in [0.5, 0.6) is 0 Å². The number of unbranched alkanes of at least 4 members (excludes halogenated alkanes) is 28. The summed E-state index contributed by atoms with van der Waals surface area (Å²) in [6.45, 7) is 2.72. The third kappa shape index (κ3) is 40.5. The minimum absolute atomic E-state index is 0.207. The van der Waals surface area contributed by atoms with Crippen LogP contribution in [-0.4, -0.2) is 59.9 Å². The second-order valence-corrected chi connectivity index (χ2v) is 17.1. The number of allylic oxidation sites excluding steroid dienone is 3. The van der Waals surface area contributed by atoms with Crippen molar-refractivity contribution in [3.63, 3.8) is 0 Å². The molecule has 0 saturated heterocycles. The SMILES string of the molecule is CCCCCCCCCCCCC/C=C/C=C/C(=O)O[C@H](COC(=O)CCCCCCCCCCCCCCCCCCCC)COP(=O)(O)OC[C@H](N)C(=O)O. The average Bonchev–Trinajstić information content (AvgIpc) is 3.19. The van der Waals surface area contributed by atoms with E-state index >= 15 is 0 Å². The molecule has 57 heavy (non-hydrogen) atoms. The third-order valence-electron chi connectivity index (χ3n) is 10.1. The van der Waals surface area contributed by atoms with Gasteiger partial charge in [0.05, 0.1) is 13.2 Å². The zero-order valence-corrected chi connectivity index (χ0v) is 37.1. The van der Waals surface area contributed by atoms with Crippen LogP contribution in [0.2, 0.25) is 0 Å². The Kier molecular flexibility index (Phi) is 39.3. The molecule has 4 N–H and O–H groups in total. The maximum atomic E-state index is 12.5. The van der Waals surface area contributed by atoms with Gasteiger partial charge in [-0.25, -0.2) is 9.36 Å². The molecule has 0 aromatic carbocycles. The van der Waals surface area contributed by atoms with Crippen LogP contribution in [0.4, 0.5) is 0 Å². The first-order valence-electron chi connectivity index (χ1n) is 22.9. The molecule has 0 aromatic rings. The summed E-state index contributed by atoms with van der Waals surface area (Å²) in [4.78, 5) is 45.8. The van der Waals surface area contributed by atoms with Gasteiger partial charge in [0.25, 0.3) is 0 Å². The third-order valence-corrected chi connectivity index (χ3v) is 11.0. The Morgan fingerprint density at radius 2 is 0.982 bits per heavy atom. The highest BCUT2D eigenvalue weighted by Crippen LogP contribution is 2.43. The standard InChI is InChI=1S/C45H84NO10P/c1-3-5-7-9-11-13-15-17-19-20-21-23-24-26-28-30-32-34-36-43(47)53-38-41(39-54-57(51,52)55-40-42(46)45(49)50)56-44(48)37-35-33-31-29-27-25-22-18-16-14-12-10-8-6-4-2/h31,33,35,37,41-42H,3-30,32,34,36,38-40,46H2,1-2H3,(H,49,50)(H,51,52)/b33-31+,37-35+/t41-,42+/m1/s1. The quantitative estimate of drug-likeness (QED) is 0.0176. The Morgan fingerprint density at radius 1 is 0.579 bits per heavy atom. The lowest BCUT2D eigenvalue weighted by molar-refractivity contribution is -0.157. The minimum Gasteiger partial charge on any atom is -0.480 e. The lowest BCUT2D eigenvalue weighted by atomic mass is 10.0. The van der Waals surface area contributed by atoms with Crippen LogP contribution >= 0.6 is 7.82 Å². The molecule has 0 saturated carbocycles. The van der Waals surface area contributed by atoms with Crippen molar-refractivity contribution < 1.29 is 47.5 Å². The van der Waals surface area contributed by atoms with Crippen LogP contribution in [0, 0.1) is 0 Å². The Morgan fingerprint density at radius 3 is 1.42 bits per heavy atom. The second kappa shape index (κ2) is 40.7. The van der Waals surface area contributed by atoms with Gasteiger partial charge in [-0.05, 0) is 19.3 Å². The van der Waals surface area contributed by atoms with Gasteiger partial charge in [-0.3, -0.25) is 18.6 Å². The Hall–Kier alpha value is -2.04. The predicted octanol–water partition coefficient (Wildman–Crippen LogP) is 12.2. The second-order valence-electron chi connectivity index (χ2n) is 15.6. The van der Waals surface area contributed by atoms with Crippen LogP contribution in [0.3, 0.4) is 0 Å². The van der Waals surface area contributed by atoms with Crippen molar-refractivity contribution in [2.24, 2.45) is 5.73 Å². The van der Waals surface area contributed by atoms with E-state index in [0.29, 0.717) is 6.42 Å². The first-order valence-corrected chi connectivity index (χ1v) is 24.4. The van der Waals surface area contributed by atoms with Crippen molar-refractivity contribution in [1.82, 2.24) is 0 Å². The van der Waals surface area contributed by atoms with Crippen molar-refractivity contribution in [3.8, 4) is 0 Å². The number of phosphoric ester groups is 1. The molecular formula is C45H84NO10P. The molecule has 334 valence electrons. The number of rotatable bonds is 43. The van der Waals surface area contributed by atoms with Gasteiger partial charge >= 0.3 is 25.7 Å². The van der Waals surface area contributed by atoms with E-state index in [1.54, 1.807) is 12.2 Å². The Bertz CT molecular complexity index is 1070. The number of esters is 2. The number of aliphatic carboxylic acids is 1. The molecule has 0 bridgehead atoms. The summed E-state index contributed by atoms with van der Waals surface area (Å²) in [6.07, 6.45) is 43.1. The van der Waals surface area contributed by atoms with E-state index in [1.165, 1.54) is 160 Å². The number of hydrogen-bond donors (Lipinski definition) is 3. The number of phosphoric acid groups is 1. The highest BCUT2D eigenvalue weighted by atomic mass is 31.2. The molecule has 0 aliphatic rings. The maximum absolute atomic E-state index is 12.5. The van der Waals surface area contributed by atoms with E-state index in [1.807, 2.05) is 6.08 Å². The van der Waals surface area contributed by atoms with Crippen molar-refractivity contribution in [2.75, 3.05) is 19.8 Å². The van der Waals surface area contributed by atoms with Gasteiger partial charge in [0.15, 0.2) is 6.10 Å². The monoisotopic (exact) mass is 830 g/mol. The summed E-state index contributed by atoms with van der Waals surface area (Å²) in [5.74, 6) is -2.63. The molecule has 11 nitrogen and oxygen atoms in total. The van der Waals surface area contributed by atoms with Crippen LogP contribution in [0.1, 0.15) is 213 Å². The highest BCUT2D eigenvalue weighted by Gasteiger charge is 2.28. The lowest BCUT2D eigenvalue weighted by Gasteiger charge is -2.19. The normalized spacial score (nSPS) is 13.9. The smallest absolute Gasteiger partial charge is 0.472 e. The fraction of sp³-hybridized carbons (Fsp3) is 0.844. The van der Waals surface area contributed by atoms with Gasteiger partial charge in [0.1, 0.15) is 12.6 Å². The van der Waals surface area contributed by atoms with Gasteiger partial charge in [-0.2, -0.15) is 0 Å². The van der Waals surface area contributed by atoms with Crippen molar-refractivity contribution >= 4 is 25.7 Å². The van der Waals surface area contributed by atoms with Gasteiger partial charge in [-0.1, -0.05) is 205 Å². The summed E-state index contributed by atoms with van der Waals surface area (Å²) < 4.78 is 32.5. The first kappa shape index (κ1) is 55.0. The first-order chi connectivity index (χ1) is 27.6. The van der Waals surface area contributed by atoms with Crippen LogP contribution < -0.4 is 5.73 Å². The average molecular weight is 830 g/mol. The molecule has 0 amide bonds. The molecule has 0 radical (unpaired) electrons. The van der Waals surface area contributed by atoms with Crippen LogP contribution in [-0.2, 0) is 37.5 Å². The lowest BCUT2D eigenvalue weighted by Crippen LogP contribution is -2.34. The van der Waals surface area contributed by atoms with E-state index in [9.17, 15) is 23.8 Å². The summed E-state index contributed by atoms with van der Waals surface area (Å²) >= 11 is 0. The van der Waals surface area contributed by atoms with E-state index < -0.39 is 51.1 Å². The fourth-order valence-corrected chi connectivity index (χ4v) is 7.22. The Balaban J connectivity index is 4.37. The molecular weight excluding hydrogens is 745 g/mol. The number of ether oxygens (including phenoxy) is 2. The molecule has 0 fully saturated rings. The number of carbonyl (C=O) groups is 3. The summed E-state index contributed by atoms with van der Waals surface area (Å²) in [6, 6.07) is -1.53. The topological polar surface area (TPSA) is 172 Å². The number of carboxylic acids is 1. The van der Waals surface area contributed by atoms with E-state index in [-0.39, 0.29) is 13.0 Å². The zero-order chi connectivity index (χ0) is 42.1. The molecule has 3 atom stereocenters. The summed E-state index contributed by atoms with van der Waals surface area (Å²) in [5, 5.41) is 8.89. The van der Waals surface area contributed by atoms with Gasteiger partial charge in [0.2, 0.25) is 0 Å². The molecule has 12 heteroatoms. The molecule has 0 aliphatic heterocycles. The number of hydrogen-bond acceptors (Lipinski definition) is 9. The molecule has 1 unspecified atom stereocenters. The molecule has 0 heterocycles. The van der Waals surface area contributed by atoms with Gasteiger partial charge in [-0.15, -0.1) is 0 Å². The molecule has 0 aliphatic carbocycles. The van der Waals surface area contributed by atoms with Gasteiger partial charge in [0, 0.05) is 12.5 Å². The number of carboxylic acid groups (broad SMARTS) is 1. The molecule has 0 rings (SSSR count). The van der Waals surface area contributed by atoms with Crippen molar-refractivity contribution in [2.45, 2.75) is 225 Å². The zero-order valence-electron chi connectivity index (χ0n) is 36.2. The molecule has 0 spiro atoms. The number of carbonyl (C=O) groups excluding carboxylic acids is 2. The largest absolute Gasteiger partial charge is 0.480 e. The molecule has 0 aromatic heterocycles. The number of nitrogens with two attached hydrogens (primary N) is 1.